The summed E-state index contributed by atoms with van der Waals surface area (Å²) in [4.78, 5) is 50.8. The first-order valence-electron chi connectivity index (χ1n) is 10.3. The second kappa shape index (κ2) is 6.72. The monoisotopic (exact) mass is 412 g/mol. The minimum absolute atomic E-state index is 0.0511. The maximum atomic E-state index is 13.2. The van der Waals surface area contributed by atoms with E-state index in [0.29, 0.717) is 23.2 Å². The van der Waals surface area contributed by atoms with Crippen molar-refractivity contribution < 1.29 is 19.2 Å². The number of hydrogen-bond acceptors (Lipinski definition) is 6. The van der Waals surface area contributed by atoms with E-state index in [1.165, 1.54) is 0 Å². The van der Waals surface area contributed by atoms with Crippen molar-refractivity contribution in [2.75, 3.05) is 0 Å². The highest BCUT2D eigenvalue weighted by Gasteiger charge is 2.59. The molecule has 4 amide bonds. The van der Waals surface area contributed by atoms with E-state index in [0.717, 1.165) is 4.90 Å². The summed E-state index contributed by atoms with van der Waals surface area (Å²) in [5, 5.41) is 5.75. The molecule has 1 atom stereocenters. The van der Waals surface area contributed by atoms with Crippen LogP contribution in [-0.2, 0) is 16.1 Å². The summed E-state index contributed by atoms with van der Waals surface area (Å²) in [6.07, 6.45) is 0.246. The Hall–Kier alpha value is -2.58. The second-order valence-electron chi connectivity index (χ2n) is 9.72. The zero-order valence-corrected chi connectivity index (χ0v) is 17.7. The number of imide groups is 2. The molecule has 4 rings (SSSR count). The summed E-state index contributed by atoms with van der Waals surface area (Å²) in [7, 11) is 0. The van der Waals surface area contributed by atoms with Crippen molar-refractivity contribution in [2.24, 2.45) is 16.6 Å². The highest BCUT2D eigenvalue weighted by atomic mass is 16.2. The average molecular weight is 412 g/mol. The minimum atomic E-state index is -0.960. The van der Waals surface area contributed by atoms with Gasteiger partial charge in [0.1, 0.15) is 6.04 Å². The van der Waals surface area contributed by atoms with Gasteiger partial charge in [-0.1, -0.05) is 39.8 Å². The lowest BCUT2D eigenvalue weighted by molar-refractivity contribution is -0.136. The van der Waals surface area contributed by atoms with Crippen LogP contribution in [0.1, 0.15) is 66.8 Å². The zero-order chi connectivity index (χ0) is 22.0. The van der Waals surface area contributed by atoms with Crippen LogP contribution in [0.4, 0.5) is 0 Å². The molecule has 1 aliphatic carbocycles. The predicted molar refractivity (Wildman–Crippen MR) is 109 cm³/mol. The molecule has 2 heterocycles. The van der Waals surface area contributed by atoms with Crippen LogP contribution in [0.2, 0.25) is 0 Å². The summed E-state index contributed by atoms with van der Waals surface area (Å²) in [6.45, 7) is 8.89. The Morgan fingerprint density at radius 2 is 1.77 bits per heavy atom. The van der Waals surface area contributed by atoms with E-state index in [9.17, 15) is 19.2 Å². The summed E-state index contributed by atoms with van der Waals surface area (Å²) in [5.74, 6) is -1.96. The molecule has 0 bridgehead atoms. The fraction of sp³-hybridized carbons (Fsp3) is 0.545. The van der Waals surface area contributed by atoms with Crippen molar-refractivity contribution in [1.29, 1.82) is 0 Å². The van der Waals surface area contributed by atoms with E-state index in [2.05, 4.69) is 38.3 Å². The molecule has 0 spiro atoms. The summed E-state index contributed by atoms with van der Waals surface area (Å²) in [6, 6.07) is 4.42. The third kappa shape index (κ3) is 2.81. The van der Waals surface area contributed by atoms with Gasteiger partial charge in [-0.15, -0.1) is 0 Å². The highest BCUT2D eigenvalue weighted by Crippen LogP contribution is 2.52. The molecule has 2 aliphatic heterocycles. The van der Waals surface area contributed by atoms with Crippen LogP contribution in [0, 0.1) is 10.8 Å². The zero-order valence-electron chi connectivity index (χ0n) is 17.7. The summed E-state index contributed by atoms with van der Waals surface area (Å²) in [5.41, 5.74) is 7.49. The van der Waals surface area contributed by atoms with Gasteiger partial charge in [0.05, 0.1) is 11.1 Å². The van der Waals surface area contributed by atoms with Crippen LogP contribution in [0.25, 0.3) is 0 Å². The molecule has 30 heavy (non-hydrogen) atoms. The Balaban J connectivity index is 1.58. The van der Waals surface area contributed by atoms with Crippen LogP contribution in [0.3, 0.4) is 0 Å². The quantitative estimate of drug-likeness (QED) is 0.633. The predicted octanol–water partition coefficient (Wildman–Crippen LogP) is 0.939. The Morgan fingerprint density at radius 3 is 2.40 bits per heavy atom. The van der Waals surface area contributed by atoms with Gasteiger partial charge in [0.2, 0.25) is 11.8 Å². The average Bonchev–Trinajstić information content (AvgIpc) is 2.93. The van der Waals surface area contributed by atoms with Gasteiger partial charge in [0, 0.05) is 25.0 Å². The van der Waals surface area contributed by atoms with Crippen molar-refractivity contribution >= 4 is 23.6 Å². The van der Waals surface area contributed by atoms with Gasteiger partial charge in [-0.05, 0) is 28.9 Å². The van der Waals surface area contributed by atoms with Gasteiger partial charge in [-0.25, -0.2) is 0 Å². The molecule has 1 saturated heterocycles. The van der Waals surface area contributed by atoms with Gasteiger partial charge >= 0.3 is 0 Å². The molecule has 2 fully saturated rings. The molecule has 1 saturated carbocycles. The van der Waals surface area contributed by atoms with E-state index < -0.39 is 23.8 Å². The van der Waals surface area contributed by atoms with E-state index in [-0.39, 0.29) is 41.7 Å². The number of fused-ring (bicyclic) bond motifs is 1. The van der Waals surface area contributed by atoms with Gasteiger partial charge < -0.3 is 11.1 Å². The molecule has 160 valence electrons. The molecule has 0 aromatic heterocycles. The molecule has 8 heteroatoms. The van der Waals surface area contributed by atoms with Crippen LogP contribution < -0.4 is 16.4 Å². The number of hydrogen-bond donors (Lipinski definition) is 3. The van der Waals surface area contributed by atoms with Crippen LogP contribution in [0.5, 0.6) is 0 Å². The van der Waals surface area contributed by atoms with E-state index in [4.69, 9.17) is 5.73 Å². The number of benzene rings is 1. The number of piperidine rings is 1. The van der Waals surface area contributed by atoms with E-state index in [1.807, 2.05) is 6.07 Å². The summed E-state index contributed by atoms with van der Waals surface area (Å²) < 4.78 is 0. The Kier molecular flexibility index (Phi) is 4.63. The lowest BCUT2D eigenvalue weighted by atomic mass is 9.48. The Labute approximate surface area is 175 Å². The minimum Gasteiger partial charge on any atom is -0.327 e. The normalized spacial score (nSPS) is 29.5. The maximum absolute atomic E-state index is 13.2. The fourth-order valence-corrected chi connectivity index (χ4v) is 5.65. The molecule has 1 aromatic carbocycles. The third-order valence-corrected chi connectivity index (χ3v) is 7.14. The third-order valence-electron chi connectivity index (χ3n) is 7.14. The van der Waals surface area contributed by atoms with Crippen molar-refractivity contribution in [1.82, 2.24) is 15.5 Å². The smallest absolute Gasteiger partial charge is 0.262 e. The number of nitrogens with two attached hydrogens (primary N) is 1. The SMILES string of the molecule is CC1(C)C(N)C(C)(C)C1NCc1cccc2c1C(=O)N(C1CCC(=O)NC1=O)C2=O. The lowest BCUT2D eigenvalue weighted by Gasteiger charge is -2.63. The van der Waals surface area contributed by atoms with Crippen molar-refractivity contribution in [3.05, 3.63) is 34.9 Å². The van der Waals surface area contributed by atoms with Gasteiger partial charge in [0.25, 0.3) is 11.8 Å². The van der Waals surface area contributed by atoms with Gasteiger partial charge in [-0.2, -0.15) is 0 Å². The topological polar surface area (TPSA) is 122 Å². The first-order chi connectivity index (χ1) is 14.0. The molecule has 8 nitrogen and oxygen atoms in total. The molecule has 1 unspecified atom stereocenters. The molecule has 4 N–H and O–H groups in total. The number of nitrogens with zero attached hydrogens (tertiary/aromatic N) is 1. The second-order valence-corrected chi connectivity index (χ2v) is 9.72. The van der Waals surface area contributed by atoms with Crippen molar-refractivity contribution in [3.63, 3.8) is 0 Å². The fourth-order valence-electron chi connectivity index (χ4n) is 5.65. The van der Waals surface area contributed by atoms with Crippen molar-refractivity contribution in [2.45, 2.75) is 65.2 Å². The first kappa shape index (κ1) is 20.7. The largest absolute Gasteiger partial charge is 0.327 e. The molecule has 1 aromatic rings. The van der Waals surface area contributed by atoms with Gasteiger partial charge in [0.15, 0.2) is 0 Å². The van der Waals surface area contributed by atoms with Crippen LogP contribution in [0.15, 0.2) is 18.2 Å². The lowest BCUT2D eigenvalue weighted by Crippen LogP contribution is -2.75. The van der Waals surface area contributed by atoms with E-state index in [1.54, 1.807) is 12.1 Å². The number of amides is 4. The highest BCUT2D eigenvalue weighted by molar-refractivity contribution is 6.24. The van der Waals surface area contributed by atoms with Gasteiger partial charge in [-0.3, -0.25) is 29.4 Å². The Bertz CT molecular complexity index is 952. The molecule has 3 aliphatic rings. The first-order valence-corrected chi connectivity index (χ1v) is 10.3. The number of carbonyl (C=O) groups excluding carboxylic acids is 4. The number of rotatable bonds is 4. The Morgan fingerprint density at radius 1 is 1.10 bits per heavy atom. The standard InChI is InChI=1S/C22H28N4O4/c1-21(2)19(23)22(3,4)20(21)24-10-11-6-5-7-12-15(11)18(30)26(17(12)29)13-8-9-14(27)25-16(13)28/h5-7,13,19-20,24H,8-10,23H2,1-4H3,(H,25,27,28). The maximum Gasteiger partial charge on any atom is 0.262 e. The van der Waals surface area contributed by atoms with Crippen LogP contribution in [-0.4, -0.2) is 46.7 Å². The van der Waals surface area contributed by atoms with Crippen LogP contribution >= 0.6 is 0 Å². The number of nitrogens with one attached hydrogen (secondary N) is 2. The molecular weight excluding hydrogens is 384 g/mol. The van der Waals surface area contributed by atoms with Crippen molar-refractivity contribution in [3.8, 4) is 0 Å². The molecular formula is C22H28N4O4. The molecule has 0 radical (unpaired) electrons. The summed E-state index contributed by atoms with van der Waals surface area (Å²) >= 11 is 0. The number of carbonyl (C=O) groups is 4. The van der Waals surface area contributed by atoms with E-state index >= 15 is 0 Å².